The number of thiazole rings is 1. The van der Waals surface area contributed by atoms with E-state index in [9.17, 15) is 4.79 Å². The standard InChI is InChI=1S/C20H20BrN3O2S/c1-2-26-19(25)11-15-10-18(22-12-17(15)21)24-20-23-16(13-27-20)9-8-14-6-4-3-5-7-14/h3-7,10,12-13H,2,8-9,11H2,1H3,(H,22,23,24). The van der Waals surface area contributed by atoms with Gasteiger partial charge in [-0.2, -0.15) is 0 Å². The molecule has 0 bridgehead atoms. The molecule has 0 aliphatic heterocycles. The molecule has 7 heteroatoms. The van der Waals surface area contributed by atoms with Gasteiger partial charge < -0.3 is 10.1 Å². The normalized spacial score (nSPS) is 10.6. The number of nitrogens with zero attached hydrogens (tertiary/aromatic N) is 2. The SMILES string of the molecule is CCOC(=O)Cc1cc(Nc2nc(CCc3ccccc3)cs2)ncc1Br. The number of halogens is 1. The second kappa shape index (κ2) is 9.62. The molecule has 1 aromatic carbocycles. The largest absolute Gasteiger partial charge is 0.466 e. The molecule has 0 amide bonds. The summed E-state index contributed by atoms with van der Waals surface area (Å²) in [6, 6.07) is 12.2. The second-order valence-corrected chi connectivity index (χ2v) is 7.61. The highest BCUT2D eigenvalue weighted by atomic mass is 79.9. The summed E-state index contributed by atoms with van der Waals surface area (Å²) in [7, 11) is 0. The van der Waals surface area contributed by atoms with Crippen LogP contribution in [0.5, 0.6) is 0 Å². The lowest BCUT2D eigenvalue weighted by molar-refractivity contribution is -0.142. The van der Waals surface area contributed by atoms with Crippen molar-refractivity contribution in [3.63, 3.8) is 0 Å². The van der Waals surface area contributed by atoms with Crippen LogP contribution in [0.4, 0.5) is 10.9 Å². The van der Waals surface area contributed by atoms with Crippen LogP contribution in [0.15, 0.2) is 52.4 Å². The maximum Gasteiger partial charge on any atom is 0.310 e. The van der Waals surface area contributed by atoms with Gasteiger partial charge in [0.1, 0.15) is 5.82 Å². The molecule has 0 spiro atoms. The third kappa shape index (κ3) is 5.87. The number of carbonyl (C=O) groups is 1. The number of ether oxygens (including phenoxy) is 1. The van der Waals surface area contributed by atoms with Crippen LogP contribution in [0, 0.1) is 0 Å². The molecular formula is C20H20BrN3O2S. The van der Waals surface area contributed by atoms with Crippen molar-refractivity contribution in [1.29, 1.82) is 0 Å². The molecule has 5 nitrogen and oxygen atoms in total. The van der Waals surface area contributed by atoms with Crippen LogP contribution in [0.2, 0.25) is 0 Å². The number of pyridine rings is 1. The first-order valence-corrected chi connectivity index (χ1v) is 10.4. The molecule has 0 fully saturated rings. The second-order valence-electron chi connectivity index (χ2n) is 5.90. The number of nitrogens with one attached hydrogen (secondary N) is 1. The van der Waals surface area contributed by atoms with E-state index in [1.807, 2.05) is 12.1 Å². The smallest absolute Gasteiger partial charge is 0.310 e. The van der Waals surface area contributed by atoms with E-state index in [-0.39, 0.29) is 12.4 Å². The number of aromatic nitrogens is 2. The number of carbonyl (C=O) groups excluding carboxylic acids is 1. The summed E-state index contributed by atoms with van der Waals surface area (Å²) in [6.07, 6.45) is 3.74. The molecule has 2 heterocycles. The van der Waals surface area contributed by atoms with Crippen molar-refractivity contribution < 1.29 is 9.53 Å². The molecule has 27 heavy (non-hydrogen) atoms. The highest BCUT2D eigenvalue weighted by molar-refractivity contribution is 9.10. The third-order valence-electron chi connectivity index (χ3n) is 3.87. The van der Waals surface area contributed by atoms with Crippen molar-refractivity contribution in [2.24, 2.45) is 0 Å². The molecule has 3 aromatic rings. The van der Waals surface area contributed by atoms with E-state index in [1.165, 1.54) is 5.56 Å². The molecule has 140 valence electrons. The van der Waals surface area contributed by atoms with Gasteiger partial charge in [0, 0.05) is 16.0 Å². The first kappa shape index (κ1) is 19.5. The van der Waals surface area contributed by atoms with Crippen LogP contribution >= 0.6 is 27.3 Å². The maximum absolute atomic E-state index is 11.7. The average molecular weight is 446 g/mol. The molecule has 0 unspecified atom stereocenters. The molecule has 1 N–H and O–H groups in total. The predicted octanol–water partition coefficient (Wildman–Crippen LogP) is 4.94. The van der Waals surface area contributed by atoms with Crippen LogP contribution in [-0.2, 0) is 28.8 Å². The van der Waals surface area contributed by atoms with E-state index in [0.717, 1.165) is 33.7 Å². The van der Waals surface area contributed by atoms with Gasteiger partial charge in [0.05, 0.1) is 18.7 Å². The lowest BCUT2D eigenvalue weighted by atomic mass is 10.1. The van der Waals surface area contributed by atoms with E-state index in [2.05, 4.69) is 60.9 Å². The minimum Gasteiger partial charge on any atom is -0.466 e. The fourth-order valence-electron chi connectivity index (χ4n) is 2.56. The van der Waals surface area contributed by atoms with Crippen molar-refractivity contribution in [2.45, 2.75) is 26.2 Å². The topological polar surface area (TPSA) is 64.1 Å². The van der Waals surface area contributed by atoms with Gasteiger partial charge >= 0.3 is 5.97 Å². The lowest BCUT2D eigenvalue weighted by Crippen LogP contribution is -2.08. The number of hydrogen-bond donors (Lipinski definition) is 1. The molecular weight excluding hydrogens is 426 g/mol. The van der Waals surface area contributed by atoms with Crippen LogP contribution in [-0.4, -0.2) is 22.5 Å². The number of benzene rings is 1. The fourth-order valence-corrected chi connectivity index (χ4v) is 3.67. The monoisotopic (exact) mass is 445 g/mol. The first-order valence-electron chi connectivity index (χ1n) is 8.69. The Kier molecular flexibility index (Phi) is 6.95. The molecule has 0 radical (unpaired) electrons. The van der Waals surface area contributed by atoms with Crippen molar-refractivity contribution in [1.82, 2.24) is 9.97 Å². The van der Waals surface area contributed by atoms with Gasteiger partial charge in [0.25, 0.3) is 0 Å². The zero-order valence-corrected chi connectivity index (χ0v) is 17.3. The van der Waals surface area contributed by atoms with Crippen molar-refractivity contribution in [2.75, 3.05) is 11.9 Å². The molecule has 0 aliphatic rings. The van der Waals surface area contributed by atoms with Gasteiger partial charge in [-0.3, -0.25) is 4.79 Å². The minimum absolute atomic E-state index is 0.200. The summed E-state index contributed by atoms with van der Waals surface area (Å²) in [5.74, 6) is 0.397. The van der Waals surface area contributed by atoms with Gasteiger partial charge in [-0.15, -0.1) is 11.3 Å². The molecule has 2 aromatic heterocycles. The third-order valence-corrected chi connectivity index (χ3v) is 5.39. The molecule has 0 saturated carbocycles. The Labute approximate surface area is 171 Å². The minimum atomic E-state index is -0.257. The number of hydrogen-bond acceptors (Lipinski definition) is 6. The van der Waals surface area contributed by atoms with Crippen LogP contribution in [0.3, 0.4) is 0 Å². The molecule has 0 saturated heterocycles. The summed E-state index contributed by atoms with van der Waals surface area (Å²) in [6.45, 7) is 2.17. The van der Waals surface area contributed by atoms with Crippen molar-refractivity contribution in [3.8, 4) is 0 Å². The van der Waals surface area contributed by atoms with Crippen LogP contribution < -0.4 is 5.32 Å². The van der Waals surface area contributed by atoms with E-state index in [1.54, 1.807) is 24.5 Å². The predicted molar refractivity (Wildman–Crippen MR) is 112 cm³/mol. The van der Waals surface area contributed by atoms with Crippen molar-refractivity contribution in [3.05, 3.63) is 69.3 Å². The quantitative estimate of drug-likeness (QED) is 0.497. The number of anilines is 2. The maximum atomic E-state index is 11.7. The summed E-state index contributed by atoms with van der Waals surface area (Å²) >= 11 is 4.98. The van der Waals surface area contributed by atoms with Crippen molar-refractivity contribution >= 4 is 44.2 Å². The van der Waals surface area contributed by atoms with Gasteiger partial charge in [-0.1, -0.05) is 30.3 Å². The summed E-state index contributed by atoms with van der Waals surface area (Å²) in [5, 5.41) is 6.06. The van der Waals surface area contributed by atoms with Gasteiger partial charge in [0.2, 0.25) is 0 Å². The summed E-state index contributed by atoms with van der Waals surface area (Å²) < 4.78 is 5.80. The Bertz CT molecular complexity index is 899. The molecule has 0 atom stereocenters. The van der Waals surface area contributed by atoms with E-state index < -0.39 is 0 Å². The number of esters is 1. The van der Waals surface area contributed by atoms with Crippen LogP contribution in [0.25, 0.3) is 0 Å². The highest BCUT2D eigenvalue weighted by Crippen LogP contribution is 2.24. The Balaban J connectivity index is 1.62. The Hall–Kier alpha value is -2.25. The zero-order valence-electron chi connectivity index (χ0n) is 14.9. The van der Waals surface area contributed by atoms with Gasteiger partial charge in [-0.25, -0.2) is 9.97 Å². The Morgan fingerprint density at radius 1 is 1.26 bits per heavy atom. The van der Waals surface area contributed by atoms with E-state index in [4.69, 9.17) is 4.74 Å². The average Bonchev–Trinajstić information content (AvgIpc) is 3.11. The Morgan fingerprint density at radius 2 is 2.07 bits per heavy atom. The Morgan fingerprint density at radius 3 is 2.85 bits per heavy atom. The summed E-state index contributed by atoms with van der Waals surface area (Å²) in [5.41, 5.74) is 3.18. The molecule has 0 aliphatic carbocycles. The molecule has 3 rings (SSSR count). The van der Waals surface area contributed by atoms with Crippen LogP contribution in [0.1, 0.15) is 23.7 Å². The highest BCUT2D eigenvalue weighted by Gasteiger charge is 2.11. The first-order chi connectivity index (χ1) is 13.1. The number of rotatable bonds is 8. The fraction of sp³-hybridized carbons (Fsp3) is 0.250. The summed E-state index contributed by atoms with van der Waals surface area (Å²) in [4.78, 5) is 20.7. The van der Waals surface area contributed by atoms with Gasteiger partial charge in [0.15, 0.2) is 5.13 Å². The zero-order chi connectivity index (χ0) is 19.1. The van der Waals surface area contributed by atoms with E-state index in [0.29, 0.717) is 12.4 Å². The lowest BCUT2D eigenvalue weighted by Gasteiger charge is -2.07. The van der Waals surface area contributed by atoms with E-state index >= 15 is 0 Å². The van der Waals surface area contributed by atoms with Gasteiger partial charge in [-0.05, 0) is 52.9 Å². The number of aryl methyl sites for hydroxylation is 2.